The van der Waals surface area contributed by atoms with Gasteiger partial charge in [-0.25, -0.2) is 14.0 Å². The molecule has 0 amide bonds. The van der Waals surface area contributed by atoms with Crippen molar-refractivity contribution in [1.29, 1.82) is 0 Å². The Kier molecular flexibility index (Phi) is 11.5. The summed E-state index contributed by atoms with van der Waals surface area (Å²) in [5.74, 6) is 0. The van der Waals surface area contributed by atoms with Crippen LogP contribution in [0.3, 0.4) is 0 Å². The van der Waals surface area contributed by atoms with Gasteiger partial charge in [0.2, 0.25) is 0 Å². The predicted molar refractivity (Wildman–Crippen MR) is 203 cm³/mol. The molecule has 0 bridgehead atoms. The number of hydrogen-bond donors (Lipinski definition) is 3. The number of nitrogens with one attached hydrogen (secondary N) is 3. The molecule has 0 aliphatic rings. The average molecular weight is 655 g/mol. The molecule has 0 heterocycles. The van der Waals surface area contributed by atoms with E-state index in [1.165, 1.54) is 16.7 Å². The number of benzene rings is 4. The second-order valence-corrected chi connectivity index (χ2v) is 29.5. The average Bonchev–Trinajstić information content (AvgIpc) is 2.97. The maximum absolute atomic E-state index is 3.93. The Morgan fingerprint density at radius 3 is 1.09 bits per heavy atom. The highest BCUT2D eigenvalue weighted by atomic mass is 28.3. The zero-order chi connectivity index (χ0) is 32.7. The van der Waals surface area contributed by atoms with E-state index in [4.69, 9.17) is 0 Å². The van der Waals surface area contributed by atoms with Crippen LogP contribution >= 0.6 is 0 Å². The van der Waals surface area contributed by atoms with Crippen LogP contribution in [0.5, 0.6) is 0 Å². The van der Waals surface area contributed by atoms with Gasteiger partial charge in [-0.15, -0.1) is 0 Å². The van der Waals surface area contributed by atoms with Gasteiger partial charge < -0.3 is 16.3 Å². The highest BCUT2D eigenvalue weighted by Gasteiger charge is 2.29. The van der Waals surface area contributed by atoms with Gasteiger partial charge >= 0.3 is 0 Å². The Morgan fingerprint density at radius 2 is 0.733 bits per heavy atom. The molecule has 6 nitrogen and oxygen atoms in total. The van der Waals surface area contributed by atoms with E-state index in [1.54, 1.807) is 0 Å². The molecular weight excluding hydrogens is 601 g/mol. The molecule has 45 heavy (non-hydrogen) atoms. The predicted octanol–water partition coefficient (Wildman–Crippen LogP) is 9.68. The van der Waals surface area contributed by atoms with E-state index >= 15 is 0 Å². The van der Waals surface area contributed by atoms with Crippen molar-refractivity contribution in [2.24, 2.45) is 0 Å². The van der Waals surface area contributed by atoms with E-state index in [1.807, 2.05) is 0 Å². The third kappa shape index (κ3) is 10.7. The van der Waals surface area contributed by atoms with E-state index in [0.717, 1.165) is 36.7 Å². The highest BCUT2D eigenvalue weighted by Crippen LogP contribution is 2.31. The topological polar surface area (TPSA) is 45.8 Å². The number of hydrazine groups is 3. The summed E-state index contributed by atoms with van der Waals surface area (Å²) >= 11 is 0. The fraction of sp³-hybridized carbons (Fsp3) is 0.333. The lowest BCUT2D eigenvalue weighted by Gasteiger charge is -2.39. The number of hydrogen-bond acceptors (Lipinski definition) is 6. The maximum Gasteiger partial charge on any atom is 0.143 e. The number of rotatable bonds is 15. The minimum absolute atomic E-state index is 0.838. The fourth-order valence-corrected chi connectivity index (χ4v) is 8.23. The van der Waals surface area contributed by atoms with Gasteiger partial charge in [0.05, 0.1) is 17.1 Å². The van der Waals surface area contributed by atoms with Crippen LogP contribution in [-0.4, -0.2) is 38.7 Å². The molecule has 3 N–H and O–H groups in total. The van der Waals surface area contributed by atoms with Crippen molar-refractivity contribution in [1.82, 2.24) is 14.0 Å². The molecular formula is C36H54N6Si3. The molecule has 9 heteroatoms. The van der Waals surface area contributed by atoms with Gasteiger partial charge in [-0.2, -0.15) is 0 Å². The lowest BCUT2D eigenvalue weighted by Crippen LogP contribution is -2.50. The molecule has 0 aromatic heterocycles. The normalized spacial score (nSPS) is 12.5. The molecule has 4 aromatic rings. The second kappa shape index (κ2) is 14.9. The Labute approximate surface area is 275 Å². The molecule has 0 fully saturated rings. The SMILES string of the molecule is C[Si](C)(C)N(Cc1ccccc1)Nc1ccc(NN(Cc2ccccc2)[Si](C)(C)C)c(NN(Cc2ccccc2)[Si](C)(C)C)c1. The molecule has 4 aromatic carbocycles. The zero-order valence-electron chi connectivity index (χ0n) is 28.9. The molecule has 240 valence electrons. The Balaban J connectivity index is 1.71. The minimum atomic E-state index is -1.78. The largest absolute Gasteiger partial charge is 0.325 e. The Morgan fingerprint density at radius 1 is 0.400 bits per heavy atom. The van der Waals surface area contributed by atoms with Crippen LogP contribution in [0, 0.1) is 0 Å². The van der Waals surface area contributed by atoms with Gasteiger partial charge in [-0.05, 0) is 34.9 Å². The number of anilines is 3. The first-order valence-electron chi connectivity index (χ1n) is 16.1. The summed E-state index contributed by atoms with van der Waals surface area (Å²) in [5.41, 5.74) is 18.8. The molecule has 0 saturated heterocycles. The lowest BCUT2D eigenvalue weighted by atomic mass is 10.2. The number of nitrogens with zero attached hydrogens (tertiary/aromatic N) is 3. The van der Waals surface area contributed by atoms with Gasteiger partial charge in [-0.3, -0.25) is 0 Å². The third-order valence-electron chi connectivity index (χ3n) is 7.77. The second-order valence-electron chi connectivity index (χ2n) is 14.8. The lowest BCUT2D eigenvalue weighted by molar-refractivity contribution is 0.486. The van der Waals surface area contributed by atoms with Crippen LogP contribution in [-0.2, 0) is 19.6 Å². The van der Waals surface area contributed by atoms with Gasteiger partial charge in [-0.1, -0.05) is 150 Å². The standard InChI is InChI=1S/C36H54N6Si3/c1-43(2,3)40(28-31-19-13-10-14-20-31)37-34-25-26-35(38-41(44(4,5)6)29-32-21-15-11-16-22-32)36(27-34)39-42(45(7,8)9)30-33-23-17-12-18-24-33/h10-27,37-39H,28-30H2,1-9H3. The van der Waals surface area contributed by atoms with Gasteiger partial charge in [0.1, 0.15) is 24.7 Å². The van der Waals surface area contributed by atoms with Crippen molar-refractivity contribution in [3.8, 4) is 0 Å². The van der Waals surface area contributed by atoms with Crippen LogP contribution in [0.4, 0.5) is 17.1 Å². The summed E-state index contributed by atoms with van der Waals surface area (Å²) in [5, 5.41) is 0. The quantitative estimate of drug-likeness (QED) is 0.0877. The van der Waals surface area contributed by atoms with Crippen molar-refractivity contribution in [2.45, 2.75) is 78.6 Å². The van der Waals surface area contributed by atoms with E-state index in [0.29, 0.717) is 0 Å². The van der Waals surface area contributed by atoms with Crippen molar-refractivity contribution in [3.63, 3.8) is 0 Å². The van der Waals surface area contributed by atoms with Crippen molar-refractivity contribution >= 4 is 41.8 Å². The molecule has 4 rings (SSSR count). The van der Waals surface area contributed by atoms with E-state index in [9.17, 15) is 0 Å². The van der Waals surface area contributed by atoms with Crippen LogP contribution in [0.1, 0.15) is 16.7 Å². The summed E-state index contributed by atoms with van der Waals surface area (Å²) in [6.45, 7) is 24.1. The first kappa shape index (κ1) is 34.7. The molecule has 0 saturated carbocycles. The first-order chi connectivity index (χ1) is 21.2. The first-order valence-corrected chi connectivity index (χ1v) is 26.4. The molecule has 0 unspecified atom stereocenters. The van der Waals surface area contributed by atoms with Gasteiger partial charge in [0.25, 0.3) is 0 Å². The monoisotopic (exact) mass is 654 g/mol. The molecule has 0 radical (unpaired) electrons. The van der Waals surface area contributed by atoms with Gasteiger partial charge in [0.15, 0.2) is 0 Å². The van der Waals surface area contributed by atoms with Gasteiger partial charge in [0, 0.05) is 19.6 Å². The fourth-order valence-electron chi connectivity index (χ4n) is 4.88. The van der Waals surface area contributed by atoms with E-state index in [2.05, 4.69) is 198 Å². The van der Waals surface area contributed by atoms with Crippen LogP contribution in [0.2, 0.25) is 58.9 Å². The summed E-state index contributed by atoms with van der Waals surface area (Å²) in [7, 11) is -5.24. The van der Waals surface area contributed by atoms with E-state index in [-0.39, 0.29) is 0 Å². The third-order valence-corrected chi connectivity index (χ3v) is 13.4. The summed E-state index contributed by atoms with van der Waals surface area (Å²) < 4.78 is 7.40. The van der Waals surface area contributed by atoms with Crippen LogP contribution < -0.4 is 16.3 Å². The Hall–Kier alpha value is -3.19. The Bertz CT molecular complexity index is 1470. The maximum atomic E-state index is 3.93. The van der Waals surface area contributed by atoms with Crippen LogP contribution in [0.25, 0.3) is 0 Å². The highest BCUT2D eigenvalue weighted by molar-refractivity contribution is 6.74. The molecule has 0 spiro atoms. The zero-order valence-corrected chi connectivity index (χ0v) is 31.9. The minimum Gasteiger partial charge on any atom is -0.325 e. The summed E-state index contributed by atoms with van der Waals surface area (Å²) in [4.78, 5) is 0. The smallest absolute Gasteiger partial charge is 0.143 e. The van der Waals surface area contributed by atoms with E-state index < -0.39 is 24.7 Å². The van der Waals surface area contributed by atoms with Crippen LogP contribution in [0.15, 0.2) is 109 Å². The summed E-state index contributed by atoms with van der Waals surface area (Å²) in [6, 6.07) is 39.0. The van der Waals surface area contributed by atoms with Crippen molar-refractivity contribution in [2.75, 3.05) is 16.3 Å². The molecule has 0 aliphatic heterocycles. The molecule has 0 aliphatic carbocycles. The van der Waals surface area contributed by atoms with Crippen molar-refractivity contribution in [3.05, 3.63) is 126 Å². The molecule has 0 atom stereocenters. The summed E-state index contributed by atoms with van der Waals surface area (Å²) in [6.07, 6.45) is 0. The van der Waals surface area contributed by atoms with Crippen molar-refractivity contribution < 1.29 is 0 Å².